The smallest absolute Gasteiger partial charge is 0.338 e. The zero-order chi connectivity index (χ0) is 25.1. The number of methoxy groups -OCH3 is 1. The van der Waals surface area contributed by atoms with Gasteiger partial charge in [0, 0.05) is 16.3 Å². The van der Waals surface area contributed by atoms with E-state index in [9.17, 15) is 19.5 Å². The Balaban J connectivity index is 1.91. The summed E-state index contributed by atoms with van der Waals surface area (Å²) < 4.78 is 10.3. The van der Waals surface area contributed by atoms with E-state index >= 15 is 0 Å². The molecule has 8 heteroatoms. The average Bonchev–Trinajstić information content (AvgIpc) is 3.14. The maximum absolute atomic E-state index is 13.3. The van der Waals surface area contributed by atoms with Crippen molar-refractivity contribution in [1.29, 1.82) is 0 Å². The maximum Gasteiger partial charge on any atom is 0.338 e. The van der Waals surface area contributed by atoms with E-state index in [0.717, 1.165) is 0 Å². The largest absolute Gasteiger partial charge is 0.507 e. The summed E-state index contributed by atoms with van der Waals surface area (Å²) in [6, 6.07) is 18.5. The van der Waals surface area contributed by atoms with Crippen LogP contribution in [0.25, 0.3) is 5.76 Å². The predicted octanol–water partition coefficient (Wildman–Crippen LogP) is 5.15. The Morgan fingerprint density at radius 1 is 1.00 bits per heavy atom. The number of aliphatic hydroxyl groups excluding tert-OH is 1. The number of carbonyl (C=O) groups excluding carboxylic acids is 3. The highest BCUT2D eigenvalue weighted by molar-refractivity contribution is 6.51. The van der Waals surface area contributed by atoms with E-state index in [1.54, 1.807) is 67.6 Å². The Morgan fingerprint density at radius 2 is 1.69 bits per heavy atom. The third-order valence-electron chi connectivity index (χ3n) is 5.61. The van der Waals surface area contributed by atoms with Gasteiger partial charge in [-0.3, -0.25) is 14.5 Å². The number of rotatable bonds is 6. The number of aliphatic hydroxyl groups is 1. The van der Waals surface area contributed by atoms with Crippen molar-refractivity contribution in [2.45, 2.75) is 13.0 Å². The number of hydrogen-bond acceptors (Lipinski definition) is 6. The van der Waals surface area contributed by atoms with E-state index < -0.39 is 23.7 Å². The van der Waals surface area contributed by atoms with Crippen molar-refractivity contribution in [3.05, 3.63) is 100 Å². The summed E-state index contributed by atoms with van der Waals surface area (Å²) in [5.41, 5.74) is 1.31. The monoisotopic (exact) mass is 491 g/mol. The Hall–Kier alpha value is -4.10. The van der Waals surface area contributed by atoms with Crippen LogP contribution in [0.2, 0.25) is 5.02 Å². The van der Waals surface area contributed by atoms with Gasteiger partial charge in [0.25, 0.3) is 11.7 Å². The number of ketones is 1. The molecule has 0 aliphatic carbocycles. The molecule has 35 heavy (non-hydrogen) atoms. The number of nitrogens with zero attached hydrogens (tertiary/aromatic N) is 1. The molecular formula is C27H22ClNO6. The number of halogens is 1. The first-order chi connectivity index (χ1) is 16.8. The number of esters is 1. The molecular weight excluding hydrogens is 470 g/mol. The second-order valence-electron chi connectivity index (χ2n) is 7.72. The van der Waals surface area contributed by atoms with Crippen LogP contribution < -0.4 is 9.64 Å². The van der Waals surface area contributed by atoms with Crippen molar-refractivity contribution in [3.63, 3.8) is 0 Å². The summed E-state index contributed by atoms with van der Waals surface area (Å²) in [4.78, 5) is 40.1. The van der Waals surface area contributed by atoms with E-state index in [2.05, 4.69) is 0 Å². The summed E-state index contributed by atoms with van der Waals surface area (Å²) in [5.74, 6) is -2.01. The van der Waals surface area contributed by atoms with Crippen LogP contribution in [0.3, 0.4) is 0 Å². The Kier molecular flexibility index (Phi) is 6.89. The molecule has 1 saturated heterocycles. The molecule has 178 valence electrons. The zero-order valence-electron chi connectivity index (χ0n) is 19.0. The quantitative estimate of drug-likeness (QED) is 0.222. The van der Waals surface area contributed by atoms with Gasteiger partial charge in [-0.1, -0.05) is 41.9 Å². The first-order valence-electron chi connectivity index (χ1n) is 10.8. The summed E-state index contributed by atoms with van der Waals surface area (Å²) in [5, 5.41) is 11.5. The van der Waals surface area contributed by atoms with Crippen molar-refractivity contribution in [2.24, 2.45) is 0 Å². The van der Waals surface area contributed by atoms with Crippen molar-refractivity contribution in [3.8, 4) is 5.75 Å². The van der Waals surface area contributed by atoms with E-state index in [1.165, 1.54) is 24.1 Å². The lowest BCUT2D eigenvalue weighted by molar-refractivity contribution is -0.132. The molecule has 3 aromatic carbocycles. The van der Waals surface area contributed by atoms with E-state index in [4.69, 9.17) is 21.1 Å². The van der Waals surface area contributed by atoms with Crippen LogP contribution in [0.5, 0.6) is 5.75 Å². The second-order valence-corrected chi connectivity index (χ2v) is 8.16. The standard InChI is InChI=1S/C27H22ClNO6/c1-3-35-27(33)18-7-5-9-20(15-18)29-23(16-10-12-21(34-2)13-11-16)22(25(31)26(29)32)24(30)17-6-4-8-19(28)14-17/h4-15,23,30H,3H2,1-2H3/b24-22+. The average molecular weight is 492 g/mol. The van der Waals surface area contributed by atoms with E-state index in [0.29, 0.717) is 27.6 Å². The number of hydrogen-bond donors (Lipinski definition) is 1. The lowest BCUT2D eigenvalue weighted by atomic mass is 9.95. The van der Waals surface area contributed by atoms with Crippen molar-refractivity contribution in [2.75, 3.05) is 18.6 Å². The minimum absolute atomic E-state index is 0.0935. The number of anilines is 1. The van der Waals surface area contributed by atoms with Crippen molar-refractivity contribution >= 4 is 40.7 Å². The van der Waals surface area contributed by atoms with E-state index in [1.807, 2.05) is 0 Å². The van der Waals surface area contributed by atoms with Crippen molar-refractivity contribution < 1.29 is 29.0 Å². The number of Topliss-reactive ketones (excluding diaryl/α,β-unsaturated/α-hetero) is 1. The minimum atomic E-state index is -0.961. The van der Waals surface area contributed by atoms with Gasteiger partial charge in [-0.05, 0) is 55.0 Å². The summed E-state index contributed by atoms with van der Waals surface area (Å²) >= 11 is 6.09. The van der Waals surface area contributed by atoms with E-state index in [-0.39, 0.29) is 23.5 Å². The molecule has 0 radical (unpaired) electrons. The molecule has 0 aromatic heterocycles. The van der Waals surface area contributed by atoms with Crippen LogP contribution in [0, 0.1) is 0 Å². The third-order valence-corrected chi connectivity index (χ3v) is 5.84. The van der Waals surface area contributed by atoms with Gasteiger partial charge in [-0.15, -0.1) is 0 Å². The van der Waals surface area contributed by atoms with Crippen LogP contribution in [0.15, 0.2) is 78.4 Å². The topological polar surface area (TPSA) is 93.1 Å². The molecule has 1 fully saturated rings. The summed E-state index contributed by atoms with van der Waals surface area (Å²) in [6.45, 7) is 1.89. The van der Waals surface area contributed by atoms with Crippen LogP contribution in [-0.2, 0) is 14.3 Å². The summed E-state index contributed by atoms with van der Waals surface area (Å²) in [7, 11) is 1.53. The van der Waals surface area contributed by atoms with Crippen LogP contribution in [0.4, 0.5) is 5.69 Å². The van der Waals surface area contributed by atoms with Crippen LogP contribution in [0.1, 0.15) is 34.5 Å². The Labute approximate surface area is 207 Å². The van der Waals surface area contributed by atoms with Crippen molar-refractivity contribution in [1.82, 2.24) is 0 Å². The normalized spacial score (nSPS) is 16.9. The Bertz CT molecular complexity index is 1330. The molecule has 0 spiro atoms. The Morgan fingerprint density at radius 3 is 2.34 bits per heavy atom. The highest BCUT2D eigenvalue weighted by Gasteiger charge is 2.47. The highest BCUT2D eigenvalue weighted by atomic mass is 35.5. The number of benzene rings is 3. The first kappa shape index (κ1) is 24.0. The molecule has 3 aromatic rings. The fourth-order valence-electron chi connectivity index (χ4n) is 3.99. The van der Waals surface area contributed by atoms with Gasteiger partial charge in [-0.25, -0.2) is 4.79 Å². The van der Waals surface area contributed by atoms with Gasteiger partial charge >= 0.3 is 5.97 Å². The van der Waals surface area contributed by atoms with Gasteiger partial charge in [0.2, 0.25) is 0 Å². The molecule has 1 aliphatic rings. The molecule has 7 nitrogen and oxygen atoms in total. The lowest BCUT2D eigenvalue weighted by Crippen LogP contribution is -2.29. The fourth-order valence-corrected chi connectivity index (χ4v) is 4.18. The molecule has 0 saturated carbocycles. The molecule has 0 bridgehead atoms. The zero-order valence-corrected chi connectivity index (χ0v) is 19.8. The number of ether oxygens (including phenoxy) is 2. The first-order valence-corrected chi connectivity index (χ1v) is 11.2. The minimum Gasteiger partial charge on any atom is -0.507 e. The van der Waals surface area contributed by atoms with Gasteiger partial charge in [-0.2, -0.15) is 0 Å². The van der Waals surface area contributed by atoms with Crippen LogP contribution >= 0.6 is 11.6 Å². The number of amides is 1. The summed E-state index contributed by atoms with van der Waals surface area (Å²) in [6.07, 6.45) is 0. The fraction of sp³-hybridized carbons (Fsp3) is 0.148. The van der Waals surface area contributed by atoms with Gasteiger partial charge in [0.15, 0.2) is 0 Å². The molecule has 1 amide bonds. The lowest BCUT2D eigenvalue weighted by Gasteiger charge is -2.26. The SMILES string of the molecule is CCOC(=O)c1cccc(N2C(=O)C(=O)/C(=C(/O)c3cccc(Cl)c3)C2c2ccc(OC)cc2)c1. The molecule has 1 unspecified atom stereocenters. The van der Waals surface area contributed by atoms with Gasteiger partial charge in [0.1, 0.15) is 11.5 Å². The molecule has 1 atom stereocenters. The predicted molar refractivity (Wildman–Crippen MR) is 132 cm³/mol. The molecule has 1 N–H and O–H groups in total. The third kappa shape index (κ3) is 4.63. The highest BCUT2D eigenvalue weighted by Crippen LogP contribution is 2.42. The van der Waals surface area contributed by atoms with Gasteiger partial charge in [0.05, 0.1) is 30.9 Å². The second kappa shape index (κ2) is 10.0. The van der Waals surface area contributed by atoms with Gasteiger partial charge < -0.3 is 14.6 Å². The molecule has 1 heterocycles. The molecule has 4 rings (SSSR count). The maximum atomic E-state index is 13.3. The van der Waals surface area contributed by atoms with Crippen LogP contribution in [-0.4, -0.2) is 36.5 Å². The molecule has 1 aliphatic heterocycles. The number of carbonyl (C=O) groups is 3.